The SMILES string of the molecule is CCNCc1cc(S(=O)(=O)NC(C)(C)C)cn1C1CC1. The van der Waals surface area contributed by atoms with E-state index in [9.17, 15) is 8.42 Å². The van der Waals surface area contributed by atoms with Gasteiger partial charge in [-0.3, -0.25) is 0 Å². The van der Waals surface area contributed by atoms with E-state index in [1.807, 2.05) is 27.7 Å². The Bertz CT molecular complexity index is 566. The summed E-state index contributed by atoms with van der Waals surface area (Å²) in [4.78, 5) is 0.368. The van der Waals surface area contributed by atoms with Crippen LogP contribution in [0.2, 0.25) is 0 Å². The summed E-state index contributed by atoms with van der Waals surface area (Å²) in [6, 6.07) is 2.26. The van der Waals surface area contributed by atoms with Crippen molar-refractivity contribution in [1.82, 2.24) is 14.6 Å². The summed E-state index contributed by atoms with van der Waals surface area (Å²) < 4.78 is 29.6. The first-order chi connectivity index (χ1) is 9.23. The highest BCUT2D eigenvalue weighted by molar-refractivity contribution is 7.89. The van der Waals surface area contributed by atoms with Crippen LogP contribution in [0.25, 0.3) is 0 Å². The zero-order chi connectivity index (χ0) is 15.0. The number of hydrogen-bond acceptors (Lipinski definition) is 3. The van der Waals surface area contributed by atoms with Crippen LogP contribution in [0.5, 0.6) is 0 Å². The summed E-state index contributed by atoms with van der Waals surface area (Å²) in [5, 5.41) is 3.26. The third-order valence-electron chi connectivity index (χ3n) is 3.15. The van der Waals surface area contributed by atoms with Crippen molar-refractivity contribution in [3.8, 4) is 0 Å². The van der Waals surface area contributed by atoms with Gasteiger partial charge in [-0.15, -0.1) is 0 Å². The predicted octanol–water partition coefficient (Wildman–Crippen LogP) is 2.01. The van der Waals surface area contributed by atoms with Gasteiger partial charge in [0.15, 0.2) is 0 Å². The van der Waals surface area contributed by atoms with Gasteiger partial charge < -0.3 is 9.88 Å². The van der Waals surface area contributed by atoms with Gasteiger partial charge in [0.05, 0.1) is 4.90 Å². The van der Waals surface area contributed by atoms with Crippen molar-refractivity contribution in [2.24, 2.45) is 0 Å². The Labute approximate surface area is 121 Å². The summed E-state index contributed by atoms with van der Waals surface area (Å²) in [5.74, 6) is 0. The Balaban J connectivity index is 2.28. The van der Waals surface area contributed by atoms with Crippen LogP contribution in [0.1, 0.15) is 52.3 Å². The van der Waals surface area contributed by atoms with Crippen LogP contribution >= 0.6 is 0 Å². The van der Waals surface area contributed by atoms with E-state index in [-0.39, 0.29) is 0 Å². The summed E-state index contributed by atoms with van der Waals surface area (Å²) in [5.41, 5.74) is 0.575. The second-order valence-corrected chi connectivity index (χ2v) is 8.12. The van der Waals surface area contributed by atoms with E-state index < -0.39 is 15.6 Å². The number of sulfonamides is 1. The average molecular weight is 299 g/mol. The van der Waals surface area contributed by atoms with Crippen LogP contribution in [-0.2, 0) is 16.6 Å². The molecule has 0 bridgehead atoms. The van der Waals surface area contributed by atoms with Crippen LogP contribution in [0.4, 0.5) is 0 Å². The van der Waals surface area contributed by atoms with E-state index in [0.717, 1.165) is 25.1 Å². The van der Waals surface area contributed by atoms with E-state index in [4.69, 9.17) is 0 Å². The fourth-order valence-electron chi connectivity index (χ4n) is 2.19. The van der Waals surface area contributed by atoms with Crippen molar-refractivity contribution < 1.29 is 8.42 Å². The fourth-order valence-corrected chi connectivity index (χ4v) is 3.66. The highest BCUT2D eigenvalue weighted by Crippen LogP contribution is 2.37. The van der Waals surface area contributed by atoms with Crippen LogP contribution in [0.3, 0.4) is 0 Å². The van der Waals surface area contributed by atoms with Crippen molar-refractivity contribution in [2.45, 2.75) is 63.6 Å². The number of rotatable bonds is 6. The molecule has 0 saturated heterocycles. The van der Waals surface area contributed by atoms with Gasteiger partial charge in [0.1, 0.15) is 0 Å². The quantitative estimate of drug-likeness (QED) is 0.844. The summed E-state index contributed by atoms with van der Waals surface area (Å²) in [7, 11) is -3.45. The Hall–Kier alpha value is -0.850. The van der Waals surface area contributed by atoms with Gasteiger partial charge in [0.2, 0.25) is 10.0 Å². The van der Waals surface area contributed by atoms with Gasteiger partial charge in [-0.05, 0) is 46.2 Å². The first-order valence-corrected chi connectivity index (χ1v) is 8.67. The van der Waals surface area contributed by atoms with E-state index in [0.29, 0.717) is 17.5 Å². The maximum Gasteiger partial charge on any atom is 0.242 e. The molecule has 0 aromatic carbocycles. The van der Waals surface area contributed by atoms with Crippen LogP contribution in [-0.4, -0.2) is 25.1 Å². The molecule has 0 aliphatic heterocycles. The third kappa shape index (κ3) is 3.84. The lowest BCUT2D eigenvalue weighted by Crippen LogP contribution is -2.40. The summed E-state index contributed by atoms with van der Waals surface area (Å²) >= 11 is 0. The van der Waals surface area contributed by atoms with Crippen molar-refractivity contribution >= 4 is 10.0 Å². The van der Waals surface area contributed by atoms with Crippen molar-refractivity contribution in [1.29, 1.82) is 0 Å². The molecule has 1 aliphatic rings. The minimum absolute atomic E-state index is 0.368. The Morgan fingerprint density at radius 2 is 2.00 bits per heavy atom. The maximum atomic E-state index is 12.4. The molecule has 2 rings (SSSR count). The van der Waals surface area contributed by atoms with E-state index in [1.165, 1.54) is 0 Å². The zero-order valence-corrected chi connectivity index (χ0v) is 13.5. The summed E-state index contributed by atoms with van der Waals surface area (Å²) in [6.07, 6.45) is 4.05. The van der Waals surface area contributed by atoms with E-state index >= 15 is 0 Å². The van der Waals surface area contributed by atoms with Gasteiger partial charge in [-0.2, -0.15) is 0 Å². The lowest BCUT2D eigenvalue weighted by molar-refractivity contribution is 0.491. The van der Waals surface area contributed by atoms with Crippen LogP contribution in [0, 0.1) is 0 Å². The predicted molar refractivity (Wildman–Crippen MR) is 80.2 cm³/mol. The molecule has 1 heterocycles. The molecule has 2 N–H and O–H groups in total. The standard InChI is InChI=1S/C14H25N3O2S/c1-5-15-9-12-8-13(10-17(12)11-6-7-11)20(18,19)16-14(2,3)4/h8,10-11,15-16H,5-7,9H2,1-4H3. The van der Waals surface area contributed by atoms with Gasteiger partial charge >= 0.3 is 0 Å². The number of nitrogens with zero attached hydrogens (tertiary/aromatic N) is 1. The molecule has 0 radical (unpaired) electrons. The highest BCUT2D eigenvalue weighted by Gasteiger charge is 2.29. The highest BCUT2D eigenvalue weighted by atomic mass is 32.2. The lowest BCUT2D eigenvalue weighted by atomic mass is 10.1. The second kappa shape index (κ2) is 5.50. The first-order valence-electron chi connectivity index (χ1n) is 7.18. The van der Waals surface area contributed by atoms with Crippen LogP contribution < -0.4 is 10.0 Å². The molecule has 1 aromatic heterocycles. The van der Waals surface area contributed by atoms with Crippen molar-refractivity contribution in [2.75, 3.05) is 6.54 Å². The van der Waals surface area contributed by atoms with Crippen molar-refractivity contribution in [3.63, 3.8) is 0 Å². The average Bonchev–Trinajstić information content (AvgIpc) is 3.03. The van der Waals surface area contributed by atoms with E-state index in [2.05, 4.69) is 14.6 Å². The molecule has 5 nitrogen and oxygen atoms in total. The largest absolute Gasteiger partial charge is 0.346 e. The first kappa shape index (κ1) is 15.5. The topological polar surface area (TPSA) is 63.1 Å². The van der Waals surface area contributed by atoms with Gasteiger partial charge in [0.25, 0.3) is 0 Å². The molecule has 1 fully saturated rings. The molecule has 0 spiro atoms. The summed E-state index contributed by atoms with van der Waals surface area (Å²) in [6.45, 7) is 9.17. The van der Waals surface area contributed by atoms with Gasteiger partial charge in [-0.1, -0.05) is 6.92 Å². The third-order valence-corrected chi connectivity index (χ3v) is 4.88. The smallest absolute Gasteiger partial charge is 0.242 e. The molecule has 0 amide bonds. The second-order valence-electron chi connectivity index (χ2n) is 6.44. The monoisotopic (exact) mass is 299 g/mol. The molecule has 1 aliphatic carbocycles. The number of aromatic nitrogens is 1. The Kier molecular flexibility index (Phi) is 4.27. The van der Waals surface area contributed by atoms with Gasteiger partial charge in [0, 0.05) is 30.0 Å². The van der Waals surface area contributed by atoms with E-state index in [1.54, 1.807) is 12.3 Å². The number of hydrogen-bond donors (Lipinski definition) is 2. The molecule has 114 valence electrons. The Morgan fingerprint density at radius 1 is 1.35 bits per heavy atom. The fraction of sp³-hybridized carbons (Fsp3) is 0.714. The molecule has 6 heteroatoms. The zero-order valence-electron chi connectivity index (χ0n) is 12.7. The number of nitrogens with one attached hydrogen (secondary N) is 2. The molecule has 20 heavy (non-hydrogen) atoms. The molecule has 0 unspecified atom stereocenters. The minimum atomic E-state index is -3.45. The van der Waals surface area contributed by atoms with Gasteiger partial charge in [-0.25, -0.2) is 13.1 Å². The molecule has 1 saturated carbocycles. The Morgan fingerprint density at radius 3 is 2.50 bits per heavy atom. The minimum Gasteiger partial charge on any atom is -0.346 e. The molecular weight excluding hydrogens is 274 g/mol. The maximum absolute atomic E-state index is 12.4. The molecule has 0 atom stereocenters. The molecule has 1 aromatic rings. The normalized spacial score (nSPS) is 16.6. The van der Waals surface area contributed by atoms with Crippen LogP contribution in [0.15, 0.2) is 17.2 Å². The molecular formula is C14H25N3O2S. The lowest BCUT2D eigenvalue weighted by Gasteiger charge is -2.19. The van der Waals surface area contributed by atoms with Crippen molar-refractivity contribution in [3.05, 3.63) is 18.0 Å².